The summed E-state index contributed by atoms with van der Waals surface area (Å²) in [7, 11) is 0. The molecule has 8 heteroatoms. The minimum atomic E-state index is -0.0690. The van der Waals surface area contributed by atoms with Gasteiger partial charge in [-0.25, -0.2) is 0 Å². The molecule has 0 radical (unpaired) electrons. The SMILES string of the molecule is CC1CC(C)CN(c2nnc(SCC(=O)Nc3ccccc3)n2Cc2ccco2)C1. The molecule has 1 aliphatic rings. The van der Waals surface area contributed by atoms with Crippen LogP contribution in [0.2, 0.25) is 0 Å². The van der Waals surface area contributed by atoms with Gasteiger partial charge in [-0.3, -0.25) is 9.36 Å². The third-order valence-corrected chi connectivity index (χ3v) is 6.10. The number of carbonyl (C=O) groups excluding carboxylic acids is 1. The summed E-state index contributed by atoms with van der Waals surface area (Å²) in [6.45, 7) is 7.01. The highest BCUT2D eigenvalue weighted by molar-refractivity contribution is 7.99. The normalized spacial score (nSPS) is 19.1. The van der Waals surface area contributed by atoms with E-state index in [1.165, 1.54) is 18.2 Å². The number of rotatable bonds is 7. The Hall–Kier alpha value is -2.74. The second-order valence-corrected chi connectivity index (χ2v) is 8.94. The van der Waals surface area contributed by atoms with Crippen LogP contribution in [0.15, 0.2) is 58.3 Å². The molecule has 3 heterocycles. The fourth-order valence-corrected chi connectivity index (χ4v) is 4.73. The van der Waals surface area contributed by atoms with Crippen LogP contribution in [0.5, 0.6) is 0 Å². The second kappa shape index (κ2) is 9.38. The van der Waals surface area contributed by atoms with Crippen molar-refractivity contribution < 1.29 is 9.21 Å². The summed E-state index contributed by atoms with van der Waals surface area (Å²) in [4.78, 5) is 14.7. The van der Waals surface area contributed by atoms with Gasteiger partial charge in [-0.15, -0.1) is 10.2 Å². The highest BCUT2D eigenvalue weighted by atomic mass is 32.2. The largest absolute Gasteiger partial charge is 0.467 e. The van der Waals surface area contributed by atoms with Crippen LogP contribution in [-0.2, 0) is 11.3 Å². The first kappa shape index (κ1) is 20.5. The Balaban J connectivity index is 1.50. The van der Waals surface area contributed by atoms with Crippen LogP contribution in [0, 0.1) is 11.8 Å². The summed E-state index contributed by atoms with van der Waals surface area (Å²) in [5, 5.41) is 12.5. The minimum Gasteiger partial charge on any atom is -0.467 e. The molecule has 158 valence electrons. The quantitative estimate of drug-likeness (QED) is 0.574. The van der Waals surface area contributed by atoms with Crippen LogP contribution >= 0.6 is 11.8 Å². The summed E-state index contributed by atoms with van der Waals surface area (Å²) in [6, 6.07) is 13.3. The van der Waals surface area contributed by atoms with Gasteiger partial charge in [0.05, 0.1) is 18.6 Å². The van der Waals surface area contributed by atoms with E-state index < -0.39 is 0 Å². The molecular weight excluding hydrogens is 398 g/mol. The van der Waals surface area contributed by atoms with E-state index in [2.05, 4.69) is 38.8 Å². The fraction of sp³-hybridized carbons (Fsp3) is 0.409. The molecule has 1 fully saturated rings. The van der Waals surface area contributed by atoms with Gasteiger partial charge in [-0.2, -0.15) is 0 Å². The molecule has 1 aromatic carbocycles. The number of para-hydroxylation sites is 1. The number of furan rings is 1. The maximum absolute atomic E-state index is 12.4. The van der Waals surface area contributed by atoms with Gasteiger partial charge in [0.25, 0.3) is 0 Å². The first-order valence-electron chi connectivity index (χ1n) is 10.3. The molecule has 0 spiro atoms. The summed E-state index contributed by atoms with van der Waals surface area (Å²) < 4.78 is 7.63. The van der Waals surface area contributed by atoms with Crippen molar-refractivity contribution in [2.24, 2.45) is 11.8 Å². The molecule has 1 aliphatic heterocycles. The molecule has 3 aromatic rings. The van der Waals surface area contributed by atoms with Crippen molar-refractivity contribution in [1.29, 1.82) is 0 Å². The van der Waals surface area contributed by atoms with E-state index in [9.17, 15) is 4.79 Å². The van der Waals surface area contributed by atoms with Gasteiger partial charge >= 0.3 is 0 Å². The van der Waals surface area contributed by atoms with E-state index in [-0.39, 0.29) is 11.7 Å². The topological polar surface area (TPSA) is 76.2 Å². The number of anilines is 2. The van der Waals surface area contributed by atoms with Crippen LogP contribution in [0.25, 0.3) is 0 Å². The van der Waals surface area contributed by atoms with Crippen LogP contribution < -0.4 is 10.2 Å². The van der Waals surface area contributed by atoms with Crippen LogP contribution in [0.3, 0.4) is 0 Å². The fourth-order valence-electron chi connectivity index (χ4n) is 3.99. The van der Waals surface area contributed by atoms with E-state index in [4.69, 9.17) is 4.42 Å². The Morgan fingerprint density at radius 2 is 1.90 bits per heavy atom. The molecule has 0 saturated carbocycles. The van der Waals surface area contributed by atoms with Crippen molar-refractivity contribution in [2.75, 3.05) is 29.1 Å². The van der Waals surface area contributed by atoms with Crippen molar-refractivity contribution >= 4 is 29.3 Å². The summed E-state index contributed by atoms with van der Waals surface area (Å²) in [5.74, 6) is 3.09. The summed E-state index contributed by atoms with van der Waals surface area (Å²) in [5.41, 5.74) is 0.789. The predicted molar refractivity (Wildman–Crippen MR) is 119 cm³/mol. The number of piperidine rings is 1. The zero-order valence-electron chi connectivity index (χ0n) is 17.3. The maximum Gasteiger partial charge on any atom is 0.234 e. The lowest BCUT2D eigenvalue weighted by atomic mass is 9.92. The molecule has 30 heavy (non-hydrogen) atoms. The molecule has 1 amide bonds. The molecule has 2 atom stereocenters. The lowest BCUT2D eigenvalue weighted by Crippen LogP contribution is -2.40. The van der Waals surface area contributed by atoms with Crippen LogP contribution in [-0.4, -0.2) is 39.5 Å². The number of thioether (sulfide) groups is 1. The van der Waals surface area contributed by atoms with Gasteiger partial charge in [-0.05, 0) is 42.5 Å². The molecule has 0 bridgehead atoms. The number of carbonyl (C=O) groups is 1. The third-order valence-electron chi connectivity index (χ3n) is 5.13. The highest BCUT2D eigenvalue weighted by Crippen LogP contribution is 2.29. The average Bonchev–Trinajstić information content (AvgIpc) is 3.37. The lowest BCUT2D eigenvalue weighted by Gasteiger charge is -2.35. The second-order valence-electron chi connectivity index (χ2n) is 8.00. The first-order valence-corrected chi connectivity index (χ1v) is 11.2. The Morgan fingerprint density at radius 3 is 2.60 bits per heavy atom. The van der Waals surface area contributed by atoms with Gasteiger partial charge in [-0.1, -0.05) is 43.8 Å². The Morgan fingerprint density at radius 1 is 1.13 bits per heavy atom. The Kier molecular flexibility index (Phi) is 6.42. The van der Waals surface area contributed by atoms with Crippen molar-refractivity contribution in [2.45, 2.75) is 32.0 Å². The maximum atomic E-state index is 12.4. The Labute approximate surface area is 180 Å². The van der Waals surface area contributed by atoms with E-state index in [0.717, 1.165) is 35.6 Å². The molecule has 1 saturated heterocycles. The van der Waals surface area contributed by atoms with Crippen LogP contribution in [0.4, 0.5) is 11.6 Å². The van der Waals surface area contributed by atoms with Crippen molar-refractivity contribution in [3.63, 3.8) is 0 Å². The lowest BCUT2D eigenvalue weighted by molar-refractivity contribution is -0.113. The van der Waals surface area contributed by atoms with Gasteiger partial charge in [0.15, 0.2) is 5.16 Å². The van der Waals surface area contributed by atoms with E-state index >= 15 is 0 Å². The average molecular weight is 426 g/mol. The standard InChI is InChI=1S/C22H27N5O2S/c1-16-11-17(2)13-26(12-16)21-24-25-22(27(21)14-19-9-6-10-29-19)30-15-20(28)23-18-7-4-3-5-8-18/h3-10,16-17H,11-15H2,1-2H3,(H,23,28). The number of amides is 1. The number of aromatic nitrogens is 3. The summed E-state index contributed by atoms with van der Waals surface area (Å²) >= 11 is 1.39. The zero-order valence-corrected chi connectivity index (χ0v) is 18.1. The van der Waals surface area contributed by atoms with E-state index in [0.29, 0.717) is 18.4 Å². The van der Waals surface area contributed by atoms with Gasteiger partial charge in [0.2, 0.25) is 11.9 Å². The predicted octanol–water partition coefficient (Wildman–Crippen LogP) is 4.13. The molecule has 0 aliphatic carbocycles. The van der Waals surface area contributed by atoms with Crippen molar-refractivity contribution in [3.8, 4) is 0 Å². The molecule has 4 rings (SSSR count). The molecule has 2 unspecified atom stereocenters. The third kappa shape index (κ3) is 5.05. The Bertz CT molecular complexity index is 947. The number of hydrogen-bond donors (Lipinski definition) is 1. The molecule has 1 N–H and O–H groups in total. The minimum absolute atomic E-state index is 0.0690. The van der Waals surface area contributed by atoms with Gasteiger partial charge in [0.1, 0.15) is 5.76 Å². The summed E-state index contributed by atoms with van der Waals surface area (Å²) in [6.07, 6.45) is 2.90. The molecular formula is C22H27N5O2S. The van der Waals surface area contributed by atoms with Crippen molar-refractivity contribution in [3.05, 3.63) is 54.5 Å². The van der Waals surface area contributed by atoms with Crippen LogP contribution in [0.1, 0.15) is 26.0 Å². The van der Waals surface area contributed by atoms with Gasteiger partial charge < -0.3 is 14.6 Å². The first-order chi connectivity index (χ1) is 14.6. The molecule has 7 nitrogen and oxygen atoms in total. The number of nitrogens with zero attached hydrogens (tertiary/aromatic N) is 4. The van der Waals surface area contributed by atoms with Crippen molar-refractivity contribution in [1.82, 2.24) is 14.8 Å². The monoisotopic (exact) mass is 425 g/mol. The highest BCUT2D eigenvalue weighted by Gasteiger charge is 2.27. The zero-order chi connectivity index (χ0) is 20.9. The number of benzene rings is 1. The smallest absolute Gasteiger partial charge is 0.234 e. The van der Waals surface area contributed by atoms with E-state index in [1.54, 1.807) is 6.26 Å². The van der Waals surface area contributed by atoms with Gasteiger partial charge in [0, 0.05) is 18.8 Å². The number of hydrogen-bond acceptors (Lipinski definition) is 6. The molecule has 2 aromatic heterocycles. The number of nitrogens with one attached hydrogen (secondary N) is 1. The van der Waals surface area contributed by atoms with E-state index in [1.807, 2.05) is 42.5 Å².